The Balaban J connectivity index is 1.35. The lowest BCUT2D eigenvalue weighted by molar-refractivity contribution is -0.00755. The molecule has 1 saturated heterocycles. The third-order valence-corrected chi connectivity index (χ3v) is 11.4. The molecule has 1 unspecified atom stereocenters. The van der Waals surface area contributed by atoms with Gasteiger partial charge in [0.05, 0.1) is 36.4 Å². The number of benzene rings is 3. The summed E-state index contributed by atoms with van der Waals surface area (Å²) in [5, 5.41) is 8.02. The maximum Gasteiger partial charge on any atom is 0.209 e. The van der Waals surface area contributed by atoms with Crippen molar-refractivity contribution in [3.8, 4) is 11.5 Å². The molecular formula is C37H47N5O6S. The largest absolute Gasteiger partial charge is 0.497 e. The van der Waals surface area contributed by atoms with Crippen LogP contribution >= 0.6 is 0 Å². The molecule has 49 heavy (non-hydrogen) atoms. The van der Waals surface area contributed by atoms with Crippen LogP contribution in [0.4, 0.5) is 5.69 Å². The van der Waals surface area contributed by atoms with Crippen LogP contribution in [0.2, 0.25) is 0 Å². The first-order valence-corrected chi connectivity index (χ1v) is 18.5. The minimum atomic E-state index is -3.98. The Morgan fingerprint density at radius 2 is 1.86 bits per heavy atom. The molecule has 0 aliphatic carbocycles. The van der Waals surface area contributed by atoms with Crippen molar-refractivity contribution in [2.75, 3.05) is 52.0 Å². The molecule has 0 bridgehead atoms. The van der Waals surface area contributed by atoms with E-state index in [0.717, 1.165) is 54.1 Å². The highest BCUT2D eigenvalue weighted by Crippen LogP contribution is 2.42. The van der Waals surface area contributed by atoms with Crippen LogP contribution in [0.3, 0.4) is 0 Å². The van der Waals surface area contributed by atoms with Crippen LogP contribution in [0.25, 0.3) is 0 Å². The number of hydrogen-bond donors (Lipinski definition) is 1. The number of fused-ring (bicyclic) bond motifs is 1. The molecule has 3 aromatic carbocycles. The third kappa shape index (κ3) is 8.09. The summed E-state index contributed by atoms with van der Waals surface area (Å²) < 4.78 is 54.7. The Morgan fingerprint density at radius 1 is 1.06 bits per heavy atom. The maximum absolute atomic E-state index is 14.6. The second-order valence-electron chi connectivity index (χ2n) is 13.0. The highest BCUT2D eigenvalue weighted by Gasteiger charge is 2.39. The highest BCUT2D eigenvalue weighted by molar-refractivity contribution is 7.91. The zero-order valence-corrected chi connectivity index (χ0v) is 29.5. The minimum absolute atomic E-state index is 0.0812. The molecule has 0 amide bonds. The molecule has 11 nitrogen and oxygen atoms in total. The summed E-state index contributed by atoms with van der Waals surface area (Å²) in [4.78, 5) is 6.57. The van der Waals surface area contributed by atoms with Crippen LogP contribution in [0.5, 0.6) is 11.5 Å². The van der Waals surface area contributed by atoms with Crippen molar-refractivity contribution in [2.24, 2.45) is 0 Å². The number of ether oxygens (including phenoxy) is 4. The Hall–Kier alpha value is -3.97. The van der Waals surface area contributed by atoms with Gasteiger partial charge >= 0.3 is 0 Å². The van der Waals surface area contributed by atoms with Crippen molar-refractivity contribution in [2.45, 2.75) is 67.5 Å². The van der Waals surface area contributed by atoms with E-state index in [1.807, 2.05) is 54.1 Å². The SMILES string of the molecule is COCCCN1CCOc2ccc(C(O[C@H]3CN[C@@H](C[C@@H](C)n4cncn4)C[C@@H]3c3ccc(OC)cc3)S(=O)(=O)c3ccc(C)cc3)cc21. The smallest absolute Gasteiger partial charge is 0.209 e. The third-order valence-electron chi connectivity index (χ3n) is 9.57. The van der Waals surface area contributed by atoms with Gasteiger partial charge in [-0.05, 0) is 80.6 Å². The molecule has 6 rings (SSSR count). The molecule has 0 spiro atoms. The van der Waals surface area contributed by atoms with Gasteiger partial charge in [-0.1, -0.05) is 35.9 Å². The van der Waals surface area contributed by atoms with Gasteiger partial charge in [0.2, 0.25) is 9.84 Å². The lowest BCUT2D eigenvalue weighted by Crippen LogP contribution is -2.48. The number of nitrogens with one attached hydrogen (secondary N) is 1. The fourth-order valence-electron chi connectivity index (χ4n) is 6.87. The van der Waals surface area contributed by atoms with Crippen LogP contribution in [-0.4, -0.2) is 82.4 Å². The summed E-state index contributed by atoms with van der Waals surface area (Å²) in [5.41, 5.74) is 2.23. The van der Waals surface area contributed by atoms with E-state index < -0.39 is 21.4 Å². The number of sulfone groups is 1. The summed E-state index contributed by atoms with van der Waals surface area (Å²) in [5.74, 6) is 1.42. The average Bonchev–Trinajstić information content (AvgIpc) is 3.67. The van der Waals surface area contributed by atoms with Crippen molar-refractivity contribution in [3.63, 3.8) is 0 Å². The molecule has 3 heterocycles. The second-order valence-corrected chi connectivity index (χ2v) is 14.9. The second kappa shape index (κ2) is 15.7. The van der Waals surface area contributed by atoms with E-state index in [-0.39, 0.29) is 22.9 Å². The van der Waals surface area contributed by atoms with E-state index in [1.54, 1.807) is 39.0 Å². The fraction of sp³-hybridized carbons (Fsp3) is 0.459. The van der Waals surface area contributed by atoms with Gasteiger partial charge < -0.3 is 29.2 Å². The van der Waals surface area contributed by atoms with Gasteiger partial charge in [-0.25, -0.2) is 13.4 Å². The first-order chi connectivity index (χ1) is 23.8. The van der Waals surface area contributed by atoms with Gasteiger partial charge in [0, 0.05) is 38.8 Å². The number of hydrogen-bond acceptors (Lipinski definition) is 10. The predicted octanol–water partition coefficient (Wildman–Crippen LogP) is 5.49. The van der Waals surface area contributed by atoms with Crippen molar-refractivity contribution >= 4 is 15.5 Å². The normalized spacial score (nSPS) is 20.7. The van der Waals surface area contributed by atoms with Crippen molar-refractivity contribution in [3.05, 3.63) is 96.1 Å². The van der Waals surface area contributed by atoms with E-state index in [1.165, 1.54) is 0 Å². The number of methoxy groups -OCH3 is 2. The lowest BCUT2D eigenvalue weighted by atomic mass is 9.82. The van der Waals surface area contributed by atoms with Gasteiger partial charge in [0.15, 0.2) is 5.44 Å². The monoisotopic (exact) mass is 689 g/mol. The summed E-state index contributed by atoms with van der Waals surface area (Å²) in [7, 11) is -0.636. The number of nitrogens with zero attached hydrogens (tertiary/aromatic N) is 4. The fourth-order valence-corrected chi connectivity index (χ4v) is 8.42. The summed E-state index contributed by atoms with van der Waals surface area (Å²) in [6.45, 7) is 7.22. The van der Waals surface area contributed by atoms with Crippen molar-refractivity contribution < 1.29 is 27.4 Å². The van der Waals surface area contributed by atoms with Gasteiger partial charge in [0.25, 0.3) is 0 Å². The topological polar surface area (TPSA) is 117 Å². The first-order valence-electron chi connectivity index (χ1n) is 16.9. The molecule has 1 N–H and O–H groups in total. The molecule has 1 aromatic heterocycles. The molecule has 2 aliphatic heterocycles. The molecule has 2 aliphatic rings. The van der Waals surface area contributed by atoms with Crippen molar-refractivity contribution in [1.29, 1.82) is 0 Å². The number of rotatable bonds is 14. The standard InChI is InChI=1S/C37H47N5O6S/c1-26-6-13-32(14-7-26)49(43,44)37(29-10-15-35-34(21-29)41(17-19-47-35)16-5-18-45-3)48-36-23-39-30(20-27(2)42-25-38-24-40-42)22-33(36)28-8-11-31(46-4)12-9-28/h6-15,21,24-25,27,30,33,36-37,39H,5,16-20,22-23H2,1-4H3/t27-,30+,33-,36+,37?/m1/s1. The minimum Gasteiger partial charge on any atom is -0.497 e. The van der Waals surface area contributed by atoms with Gasteiger partial charge in [-0.3, -0.25) is 4.68 Å². The van der Waals surface area contributed by atoms with Gasteiger partial charge in [-0.2, -0.15) is 5.10 Å². The Bertz CT molecular complexity index is 1750. The van der Waals surface area contributed by atoms with E-state index in [2.05, 4.69) is 39.4 Å². The Morgan fingerprint density at radius 3 is 2.57 bits per heavy atom. The zero-order valence-electron chi connectivity index (χ0n) is 28.7. The molecule has 262 valence electrons. The summed E-state index contributed by atoms with van der Waals surface area (Å²) >= 11 is 0. The lowest BCUT2D eigenvalue weighted by Gasteiger charge is -2.40. The quantitative estimate of drug-likeness (QED) is 0.171. The van der Waals surface area contributed by atoms with Crippen LogP contribution < -0.4 is 19.7 Å². The average molecular weight is 690 g/mol. The van der Waals surface area contributed by atoms with E-state index >= 15 is 0 Å². The van der Waals surface area contributed by atoms with Crippen LogP contribution in [0.15, 0.2) is 84.3 Å². The predicted molar refractivity (Wildman–Crippen MR) is 188 cm³/mol. The molecule has 0 saturated carbocycles. The number of piperidine rings is 1. The van der Waals surface area contributed by atoms with Crippen molar-refractivity contribution in [1.82, 2.24) is 20.1 Å². The molecule has 5 atom stereocenters. The highest BCUT2D eigenvalue weighted by atomic mass is 32.2. The number of aromatic nitrogens is 3. The van der Waals surface area contributed by atoms with E-state index in [0.29, 0.717) is 31.9 Å². The molecule has 0 radical (unpaired) electrons. The molecule has 4 aromatic rings. The number of aryl methyl sites for hydroxylation is 1. The molecule has 12 heteroatoms. The van der Waals surface area contributed by atoms with E-state index in [9.17, 15) is 8.42 Å². The maximum atomic E-state index is 14.6. The number of anilines is 1. The zero-order chi connectivity index (χ0) is 34.4. The van der Waals surface area contributed by atoms with Gasteiger partial charge in [0.1, 0.15) is 30.8 Å². The summed E-state index contributed by atoms with van der Waals surface area (Å²) in [6.07, 6.45) is 5.27. The van der Waals surface area contributed by atoms with E-state index in [4.69, 9.17) is 18.9 Å². The Labute approximate surface area is 289 Å². The molecule has 1 fully saturated rings. The van der Waals surface area contributed by atoms with Gasteiger partial charge in [-0.15, -0.1) is 0 Å². The van der Waals surface area contributed by atoms with Crippen LogP contribution in [0.1, 0.15) is 60.3 Å². The molecular weight excluding hydrogens is 643 g/mol. The first kappa shape index (κ1) is 34.9. The Kier molecular flexibility index (Phi) is 11.2. The van der Waals surface area contributed by atoms with Crippen LogP contribution in [-0.2, 0) is 19.3 Å². The summed E-state index contributed by atoms with van der Waals surface area (Å²) in [6, 6.07) is 20.9. The van der Waals surface area contributed by atoms with Crippen LogP contribution in [0, 0.1) is 6.92 Å².